The summed E-state index contributed by atoms with van der Waals surface area (Å²) >= 11 is 0. The van der Waals surface area contributed by atoms with Crippen molar-refractivity contribution < 1.29 is 4.79 Å². The molecule has 1 aliphatic rings. The Kier molecular flexibility index (Phi) is 3.20. The number of likely N-dealkylation sites (tertiary alicyclic amines) is 1. The molecule has 0 atom stereocenters. The van der Waals surface area contributed by atoms with Crippen molar-refractivity contribution in [1.82, 2.24) is 14.7 Å². The second-order valence-electron chi connectivity index (χ2n) is 6.11. The molecule has 5 heteroatoms. The molecule has 3 rings (SSSR count). The van der Waals surface area contributed by atoms with E-state index in [-0.39, 0.29) is 11.4 Å². The summed E-state index contributed by atoms with van der Waals surface area (Å²) < 4.78 is 1.70. The SMILES string of the molecule is CC1(C)CCCN1C(=O)c1ccn(-c2ccc(N)cc2)n1. The van der Waals surface area contributed by atoms with Crippen LogP contribution in [0.25, 0.3) is 5.69 Å². The van der Waals surface area contributed by atoms with E-state index in [1.807, 2.05) is 35.4 Å². The van der Waals surface area contributed by atoms with E-state index in [4.69, 9.17) is 5.73 Å². The van der Waals surface area contributed by atoms with Crippen LogP contribution in [0.3, 0.4) is 0 Å². The number of anilines is 1. The van der Waals surface area contributed by atoms with Crippen molar-refractivity contribution >= 4 is 11.6 Å². The number of aromatic nitrogens is 2. The van der Waals surface area contributed by atoms with Crippen LogP contribution in [0.1, 0.15) is 37.2 Å². The molecule has 1 aromatic heterocycles. The van der Waals surface area contributed by atoms with Crippen LogP contribution in [0.2, 0.25) is 0 Å². The van der Waals surface area contributed by atoms with Crippen LogP contribution in [0, 0.1) is 0 Å². The first-order valence-corrected chi connectivity index (χ1v) is 7.21. The average molecular weight is 284 g/mol. The number of nitrogen functional groups attached to an aromatic ring is 1. The van der Waals surface area contributed by atoms with Crippen LogP contribution in [-0.2, 0) is 0 Å². The van der Waals surface area contributed by atoms with Gasteiger partial charge in [0.05, 0.1) is 5.69 Å². The van der Waals surface area contributed by atoms with Crippen LogP contribution < -0.4 is 5.73 Å². The fraction of sp³-hybridized carbons (Fsp3) is 0.375. The molecule has 0 aliphatic carbocycles. The topological polar surface area (TPSA) is 64.2 Å². The van der Waals surface area contributed by atoms with Crippen molar-refractivity contribution in [3.63, 3.8) is 0 Å². The minimum Gasteiger partial charge on any atom is -0.399 e. The van der Waals surface area contributed by atoms with Gasteiger partial charge in [-0.25, -0.2) is 4.68 Å². The Bertz CT molecular complexity index is 657. The van der Waals surface area contributed by atoms with E-state index < -0.39 is 0 Å². The maximum Gasteiger partial charge on any atom is 0.274 e. The number of hydrogen-bond acceptors (Lipinski definition) is 3. The second-order valence-corrected chi connectivity index (χ2v) is 6.11. The monoisotopic (exact) mass is 284 g/mol. The lowest BCUT2D eigenvalue weighted by atomic mass is 10.0. The third-order valence-corrected chi connectivity index (χ3v) is 4.11. The fourth-order valence-electron chi connectivity index (χ4n) is 2.83. The summed E-state index contributed by atoms with van der Waals surface area (Å²) in [6, 6.07) is 9.18. The lowest BCUT2D eigenvalue weighted by molar-refractivity contribution is 0.0645. The lowest BCUT2D eigenvalue weighted by Gasteiger charge is -2.30. The number of nitrogens with zero attached hydrogens (tertiary/aromatic N) is 3. The molecule has 0 saturated carbocycles. The zero-order valence-electron chi connectivity index (χ0n) is 12.4. The summed E-state index contributed by atoms with van der Waals surface area (Å²) in [5.74, 6) is 0.00620. The predicted molar refractivity (Wildman–Crippen MR) is 82.3 cm³/mol. The van der Waals surface area contributed by atoms with Gasteiger partial charge >= 0.3 is 0 Å². The summed E-state index contributed by atoms with van der Waals surface area (Å²) in [7, 11) is 0. The molecule has 0 radical (unpaired) electrons. The van der Waals surface area contributed by atoms with E-state index in [0.29, 0.717) is 11.4 Å². The van der Waals surface area contributed by atoms with Gasteiger partial charge in [-0.15, -0.1) is 0 Å². The summed E-state index contributed by atoms with van der Waals surface area (Å²) in [5.41, 5.74) is 7.69. The van der Waals surface area contributed by atoms with E-state index >= 15 is 0 Å². The molecule has 5 nitrogen and oxygen atoms in total. The third kappa shape index (κ3) is 2.51. The normalized spacial score (nSPS) is 17.1. The number of carbonyl (C=O) groups excluding carboxylic acids is 1. The second kappa shape index (κ2) is 4.91. The minimum absolute atomic E-state index is 0.00620. The van der Waals surface area contributed by atoms with Crippen molar-refractivity contribution in [3.05, 3.63) is 42.2 Å². The first kappa shape index (κ1) is 13.7. The van der Waals surface area contributed by atoms with E-state index in [1.165, 1.54) is 0 Å². The molecule has 2 N–H and O–H groups in total. The van der Waals surface area contributed by atoms with E-state index in [2.05, 4.69) is 18.9 Å². The highest BCUT2D eigenvalue weighted by Crippen LogP contribution is 2.29. The zero-order valence-corrected chi connectivity index (χ0v) is 12.4. The van der Waals surface area contributed by atoms with Crippen LogP contribution in [0.15, 0.2) is 36.5 Å². The van der Waals surface area contributed by atoms with Crippen LogP contribution >= 0.6 is 0 Å². The maximum absolute atomic E-state index is 12.6. The minimum atomic E-state index is -0.0813. The number of nitrogens with two attached hydrogens (primary N) is 1. The molecule has 0 bridgehead atoms. The Morgan fingerprint density at radius 1 is 1.24 bits per heavy atom. The standard InChI is InChI=1S/C16H20N4O/c1-16(2)9-3-10-19(16)15(21)14-8-11-20(18-14)13-6-4-12(17)5-7-13/h4-8,11H,3,9-10,17H2,1-2H3. The molecule has 0 unspecified atom stereocenters. The highest BCUT2D eigenvalue weighted by atomic mass is 16.2. The number of carbonyl (C=O) groups is 1. The Morgan fingerprint density at radius 3 is 2.57 bits per heavy atom. The molecule has 1 saturated heterocycles. The lowest BCUT2D eigenvalue weighted by Crippen LogP contribution is -2.42. The highest BCUT2D eigenvalue weighted by molar-refractivity contribution is 5.93. The third-order valence-electron chi connectivity index (χ3n) is 4.11. The Morgan fingerprint density at radius 2 is 1.95 bits per heavy atom. The van der Waals surface area contributed by atoms with Gasteiger partial charge in [0.2, 0.25) is 0 Å². The molecular weight excluding hydrogens is 264 g/mol. The van der Waals surface area contributed by atoms with E-state index in [1.54, 1.807) is 10.7 Å². The molecule has 1 amide bonds. The number of rotatable bonds is 2. The molecule has 110 valence electrons. The van der Waals surface area contributed by atoms with Crippen LogP contribution in [-0.4, -0.2) is 32.7 Å². The molecule has 1 aromatic carbocycles. The number of benzene rings is 1. The van der Waals surface area contributed by atoms with Gasteiger partial charge in [-0.05, 0) is 57.0 Å². The number of hydrogen-bond donors (Lipinski definition) is 1. The van der Waals surface area contributed by atoms with E-state index in [0.717, 1.165) is 25.1 Å². The van der Waals surface area contributed by atoms with Gasteiger partial charge in [0.1, 0.15) is 0 Å². The molecular formula is C16H20N4O. The summed E-state index contributed by atoms with van der Waals surface area (Å²) in [6.07, 6.45) is 3.90. The number of amides is 1. The molecule has 21 heavy (non-hydrogen) atoms. The largest absolute Gasteiger partial charge is 0.399 e. The Labute approximate surface area is 124 Å². The van der Waals surface area contributed by atoms with Crippen LogP contribution in [0.4, 0.5) is 5.69 Å². The van der Waals surface area contributed by atoms with Gasteiger partial charge in [-0.1, -0.05) is 0 Å². The molecule has 1 aliphatic heterocycles. The van der Waals surface area contributed by atoms with Crippen molar-refractivity contribution in [1.29, 1.82) is 0 Å². The maximum atomic E-state index is 12.6. The quantitative estimate of drug-likeness (QED) is 0.862. The van der Waals surface area contributed by atoms with Crippen molar-refractivity contribution in [2.45, 2.75) is 32.2 Å². The average Bonchev–Trinajstić information content (AvgIpc) is 3.05. The van der Waals surface area contributed by atoms with Gasteiger partial charge in [0, 0.05) is 24.0 Å². The highest BCUT2D eigenvalue weighted by Gasteiger charge is 2.36. The van der Waals surface area contributed by atoms with Gasteiger partial charge in [-0.2, -0.15) is 5.10 Å². The fourth-order valence-corrected chi connectivity index (χ4v) is 2.83. The smallest absolute Gasteiger partial charge is 0.274 e. The van der Waals surface area contributed by atoms with Gasteiger partial charge < -0.3 is 10.6 Å². The molecule has 2 heterocycles. The first-order valence-electron chi connectivity index (χ1n) is 7.21. The first-order chi connectivity index (χ1) is 9.97. The van der Waals surface area contributed by atoms with Crippen molar-refractivity contribution in [2.75, 3.05) is 12.3 Å². The zero-order chi connectivity index (χ0) is 15.0. The summed E-state index contributed by atoms with van der Waals surface area (Å²) in [4.78, 5) is 14.5. The van der Waals surface area contributed by atoms with Crippen molar-refractivity contribution in [3.8, 4) is 5.69 Å². The predicted octanol–water partition coefficient (Wildman–Crippen LogP) is 2.47. The summed E-state index contributed by atoms with van der Waals surface area (Å²) in [6.45, 7) is 5.02. The van der Waals surface area contributed by atoms with E-state index in [9.17, 15) is 4.79 Å². The van der Waals surface area contributed by atoms with Gasteiger partial charge in [-0.3, -0.25) is 4.79 Å². The Hall–Kier alpha value is -2.30. The van der Waals surface area contributed by atoms with Crippen molar-refractivity contribution in [2.24, 2.45) is 0 Å². The Balaban J connectivity index is 1.85. The van der Waals surface area contributed by atoms with Crippen LogP contribution in [0.5, 0.6) is 0 Å². The molecule has 0 spiro atoms. The summed E-state index contributed by atoms with van der Waals surface area (Å²) in [5, 5.41) is 4.40. The molecule has 1 fully saturated rings. The van der Waals surface area contributed by atoms with Gasteiger partial charge in [0.15, 0.2) is 5.69 Å². The molecule has 2 aromatic rings. The van der Waals surface area contributed by atoms with Gasteiger partial charge in [0.25, 0.3) is 5.91 Å².